The van der Waals surface area contributed by atoms with E-state index in [1.807, 2.05) is 18.2 Å². The molecule has 0 bridgehead atoms. The van der Waals surface area contributed by atoms with Crippen LogP contribution in [0, 0.1) is 0 Å². The zero-order valence-electron chi connectivity index (χ0n) is 19.4. The van der Waals surface area contributed by atoms with Crippen molar-refractivity contribution in [2.75, 3.05) is 6.54 Å². The van der Waals surface area contributed by atoms with E-state index in [2.05, 4.69) is 30.7 Å². The molecule has 0 unspecified atom stereocenters. The Morgan fingerprint density at radius 2 is 1.52 bits per heavy atom. The standard InChI is InChI=1S/C27H33NO4S/c1-20(2)21-14-16-24-22(19-26(27(29)30)25(24)17-15-21)11-7-4-3-5-10-18-28-33(31,32)23-12-8-6-9-13-23/h6,8-9,12-17,19-20,28H,3-5,7,10-11,18H2,1-2H3,(H,29,30). The van der Waals surface area contributed by atoms with Crippen molar-refractivity contribution in [2.24, 2.45) is 0 Å². The number of rotatable bonds is 12. The lowest BCUT2D eigenvalue weighted by atomic mass is 10.0. The molecule has 176 valence electrons. The Morgan fingerprint density at radius 1 is 0.879 bits per heavy atom. The van der Waals surface area contributed by atoms with Crippen molar-refractivity contribution in [2.45, 2.75) is 63.2 Å². The van der Waals surface area contributed by atoms with E-state index in [1.165, 1.54) is 5.56 Å². The molecule has 1 aromatic carbocycles. The first-order valence-corrected chi connectivity index (χ1v) is 13.1. The van der Waals surface area contributed by atoms with E-state index in [9.17, 15) is 18.3 Å². The molecule has 0 spiro atoms. The van der Waals surface area contributed by atoms with Crippen molar-refractivity contribution in [3.05, 3.63) is 77.4 Å². The largest absolute Gasteiger partial charge is 0.478 e. The molecule has 0 radical (unpaired) electrons. The van der Waals surface area contributed by atoms with Crippen LogP contribution in [0.1, 0.15) is 73.4 Å². The molecular formula is C27H33NO4S. The molecule has 0 amide bonds. The van der Waals surface area contributed by atoms with E-state index in [4.69, 9.17) is 0 Å². The molecule has 5 nitrogen and oxygen atoms in total. The molecule has 6 heteroatoms. The van der Waals surface area contributed by atoms with Crippen LogP contribution in [0.4, 0.5) is 0 Å². The average molecular weight is 468 g/mol. The zero-order chi connectivity index (χ0) is 23.8. The number of unbranched alkanes of at least 4 members (excludes halogenated alkanes) is 4. The van der Waals surface area contributed by atoms with Crippen molar-refractivity contribution < 1.29 is 18.3 Å². The van der Waals surface area contributed by atoms with Gasteiger partial charge in [-0.3, -0.25) is 0 Å². The van der Waals surface area contributed by atoms with Gasteiger partial charge in [-0.2, -0.15) is 0 Å². The highest BCUT2D eigenvalue weighted by atomic mass is 32.2. The van der Waals surface area contributed by atoms with Crippen LogP contribution in [0.25, 0.3) is 11.1 Å². The molecule has 0 saturated heterocycles. The van der Waals surface area contributed by atoms with Crippen molar-refractivity contribution in [1.82, 2.24) is 4.72 Å². The second-order valence-electron chi connectivity index (χ2n) is 8.77. The molecule has 0 saturated carbocycles. The molecule has 2 aliphatic carbocycles. The Hall–Kier alpha value is -2.70. The summed E-state index contributed by atoms with van der Waals surface area (Å²) < 4.78 is 27.1. The monoisotopic (exact) mass is 467 g/mol. The first-order valence-electron chi connectivity index (χ1n) is 11.6. The Bertz CT molecular complexity index is 1140. The lowest BCUT2D eigenvalue weighted by molar-refractivity contribution is 0.0698. The number of benzene rings is 1. The van der Waals surface area contributed by atoms with Gasteiger partial charge in [-0.05, 0) is 65.6 Å². The normalized spacial score (nSPS) is 11.8. The number of carboxylic acids is 1. The Labute approximate surface area is 197 Å². The van der Waals surface area contributed by atoms with Crippen LogP contribution >= 0.6 is 0 Å². The van der Waals surface area contributed by atoms with E-state index in [1.54, 1.807) is 30.3 Å². The molecule has 3 rings (SSSR count). The van der Waals surface area contributed by atoms with Crippen LogP contribution in [-0.4, -0.2) is 26.0 Å². The summed E-state index contributed by atoms with van der Waals surface area (Å²) in [7, 11) is -3.43. The quantitative estimate of drug-likeness (QED) is 0.316. The summed E-state index contributed by atoms with van der Waals surface area (Å²) in [4.78, 5) is 12.0. The Kier molecular flexibility index (Phi) is 8.64. The van der Waals surface area contributed by atoms with Crippen molar-refractivity contribution >= 4 is 16.0 Å². The van der Waals surface area contributed by atoms with Crippen LogP contribution < -0.4 is 4.72 Å². The molecule has 1 aromatic rings. The minimum atomic E-state index is -3.43. The highest BCUT2D eigenvalue weighted by molar-refractivity contribution is 7.89. The zero-order valence-corrected chi connectivity index (χ0v) is 20.2. The fourth-order valence-electron chi connectivity index (χ4n) is 4.07. The van der Waals surface area contributed by atoms with Gasteiger partial charge in [0.05, 0.1) is 10.5 Å². The van der Waals surface area contributed by atoms with Gasteiger partial charge in [0.25, 0.3) is 0 Å². The number of sulfonamides is 1. The molecule has 2 aliphatic rings. The van der Waals surface area contributed by atoms with Gasteiger partial charge >= 0.3 is 5.97 Å². The van der Waals surface area contributed by atoms with E-state index in [0.717, 1.165) is 55.2 Å². The van der Waals surface area contributed by atoms with Crippen LogP contribution in [0.15, 0.2) is 65.6 Å². The first kappa shape index (κ1) is 24.9. The Balaban J connectivity index is 1.47. The predicted molar refractivity (Wildman–Crippen MR) is 133 cm³/mol. The average Bonchev–Trinajstić information content (AvgIpc) is 2.98. The lowest BCUT2D eigenvalue weighted by Gasteiger charge is -2.07. The summed E-state index contributed by atoms with van der Waals surface area (Å²) in [6.07, 6.45) is 5.60. The maximum absolute atomic E-state index is 12.2. The number of aryl methyl sites for hydroxylation is 1. The van der Waals surface area contributed by atoms with E-state index in [-0.39, 0.29) is 0 Å². The van der Waals surface area contributed by atoms with Gasteiger partial charge < -0.3 is 5.11 Å². The van der Waals surface area contributed by atoms with Crippen molar-refractivity contribution in [3.63, 3.8) is 0 Å². The molecule has 0 atom stereocenters. The summed E-state index contributed by atoms with van der Waals surface area (Å²) in [6, 6.07) is 18.3. The number of aromatic carboxylic acids is 1. The number of hydrogen-bond acceptors (Lipinski definition) is 3. The van der Waals surface area contributed by atoms with Gasteiger partial charge in [-0.15, -0.1) is 0 Å². The highest BCUT2D eigenvalue weighted by Gasteiger charge is 2.19. The second kappa shape index (κ2) is 11.4. The van der Waals surface area contributed by atoms with Gasteiger partial charge in [0, 0.05) is 6.54 Å². The van der Waals surface area contributed by atoms with Crippen LogP contribution in [0.3, 0.4) is 0 Å². The van der Waals surface area contributed by atoms with Crippen LogP contribution in [0.5, 0.6) is 0 Å². The van der Waals surface area contributed by atoms with Gasteiger partial charge in [0.1, 0.15) is 0 Å². The summed E-state index contributed by atoms with van der Waals surface area (Å²) in [5, 5.41) is 9.63. The maximum atomic E-state index is 12.2. The smallest absolute Gasteiger partial charge is 0.336 e. The summed E-state index contributed by atoms with van der Waals surface area (Å²) in [5.41, 5.74) is 4.47. The maximum Gasteiger partial charge on any atom is 0.336 e. The van der Waals surface area contributed by atoms with Crippen LogP contribution in [-0.2, 0) is 16.4 Å². The lowest BCUT2D eigenvalue weighted by Crippen LogP contribution is -2.24. The van der Waals surface area contributed by atoms with Crippen molar-refractivity contribution in [1.29, 1.82) is 0 Å². The Morgan fingerprint density at radius 3 is 2.18 bits per heavy atom. The molecule has 0 aliphatic heterocycles. The van der Waals surface area contributed by atoms with E-state index >= 15 is 0 Å². The third-order valence-corrected chi connectivity index (χ3v) is 7.47. The fourth-order valence-corrected chi connectivity index (χ4v) is 5.16. The number of carboxylic acid groups (broad SMARTS) is 1. The fraction of sp³-hybridized carbons (Fsp3) is 0.370. The van der Waals surface area contributed by atoms with Gasteiger partial charge in [0.15, 0.2) is 0 Å². The van der Waals surface area contributed by atoms with E-state index in [0.29, 0.717) is 22.9 Å². The van der Waals surface area contributed by atoms with E-state index < -0.39 is 16.0 Å². The summed E-state index contributed by atoms with van der Waals surface area (Å²) in [6.45, 7) is 4.69. The van der Waals surface area contributed by atoms with Gasteiger partial charge in [-0.25, -0.2) is 17.9 Å². The number of nitrogens with one attached hydrogen (secondary N) is 1. The van der Waals surface area contributed by atoms with Crippen LogP contribution in [0.2, 0.25) is 0 Å². The molecule has 0 aromatic heterocycles. The predicted octanol–water partition coefficient (Wildman–Crippen LogP) is 6.08. The molecule has 2 N–H and O–H groups in total. The summed E-state index contributed by atoms with van der Waals surface area (Å²) >= 11 is 0. The van der Waals surface area contributed by atoms with Crippen molar-refractivity contribution in [3.8, 4) is 11.1 Å². The SMILES string of the molecule is CC(C)c1ccc2c(CCCCCCCNS(=O)(=O)c3ccccc3)cc(C(=O)O)c-2cc1. The molecule has 33 heavy (non-hydrogen) atoms. The third kappa shape index (κ3) is 6.65. The molecule has 0 fully saturated rings. The number of carbonyl (C=O) groups is 1. The topological polar surface area (TPSA) is 83.5 Å². The number of fused-ring (bicyclic) bond motifs is 1. The van der Waals surface area contributed by atoms with Gasteiger partial charge in [-0.1, -0.05) is 75.6 Å². The molecular weight excluding hydrogens is 434 g/mol. The highest BCUT2D eigenvalue weighted by Crippen LogP contribution is 2.34. The second-order valence-corrected chi connectivity index (χ2v) is 10.5. The molecule has 0 heterocycles. The minimum absolute atomic E-state index is 0.293. The first-order chi connectivity index (χ1) is 15.8. The third-order valence-electron chi connectivity index (χ3n) is 6.00. The number of hydrogen-bond donors (Lipinski definition) is 2. The minimum Gasteiger partial charge on any atom is -0.478 e. The van der Waals surface area contributed by atoms with Gasteiger partial charge in [0.2, 0.25) is 10.0 Å². The summed E-state index contributed by atoms with van der Waals surface area (Å²) in [5.74, 6) is -0.503.